The van der Waals surface area contributed by atoms with E-state index in [2.05, 4.69) is 4.74 Å². The van der Waals surface area contributed by atoms with E-state index in [1.165, 1.54) is 13.0 Å². The molecule has 0 aromatic heterocycles. The monoisotopic (exact) mass is 210 g/mol. The van der Waals surface area contributed by atoms with E-state index in [0.29, 0.717) is 5.56 Å². The molecule has 0 saturated heterocycles. The molecule has 1 aromatic rings. The fourth-order valence-corrected chi connectivity index (χ4v) is 1.32. The summed E-state index contributed by atoms with van der Waals surface area (Å²) in [6, 6.07) is 2.35. The van der Waals surface area contributed by atoms with Gasteiger partial charge in [0.1, 0.15) is 5.75 Å². The fourth-order valence-electron chi connectivity index (χ4n) is 1.32. The van der Waals surface area contributed by atoms with Crippen LogP contribution in [-0.2, 0) is 4.74 Å². The molecule has 0 bridgehead atoms. The number of aromatic carboxylic acids is 1. The summed E-state index contributed by atoms with van der Waals surface area (Å²) in [7, 11) is 1.15. The number of ether oxygens (including phenoxy) is 1. The third-order valence-corrected chi connectivity index (χ3v) is 1.94. The van der Waals surface area contributed by atoms with Gasteiger partial charge in [-0.15, -0.1) is 0 Å². The van der Waals surface area contributed by atoms with Gasteiger partial charge in [0.2, 0.25) is 0 Å². The summed E-state index contributed by atoms with van der Waals surface area (Å²) in [6.45, 7) is 1.50. The number of phenols is 1. The highest BCUT2D eigenvalue weighted by Gasteiger charge is 2.20. The summed E-state index contributed by atoms with van der Waals surface area (Å²) in [5, 5.41) is 18.1. The molecular weight excluding hydrogens is 200 g/mol. The van der Waals surface area contributed by atoms with Crippen molar-refractivity contribution in [1.82, 2.24) is 0 Å². The second-order valence-corrected chi connectivity index (χ2v) is 2.98. The number of aryl methyl sites for hydroxylation is 1. The number of carbonyl (C=O) groups excluding carboxylic acids is 1. The van der Waals surface area contributed by atoms with E-state index in [4.69, 9.17) is 5.11 Å². The van der Waals surface area contributed by atoms with E-state index < -0.39 is 11.9 Å². The number of phenolic OH excluding ortho intramolecular Hbond substituents is 1. The predicted octanol–water partition coefficient (Wildman–Crippen LogP) is 1.19. The second-order valence-electron chi connectivity index (χ2n) is 2.98. The molecule has 2 N–H and O–H groups in total. The largest absolute Gasteiger partial charge is 0.508 e. The summed E-state index contributed by atoms with van der Waals surface area (Å²) >= 11 is 0. The molecule has 0 heterocycles. The van der Waals surface area contributed by atoms with Gasteiger partial charge in [0.05, 0.1) is 18.2 Å². The minimum Gasteiger partial charge on any atom is -0.508 e. The first kappa shape index (κ1) is 11.0. The summed E-state index contributed by atoms with van der Waals surface area (Å²) in [5.41, 5.74) is 0.00468. The fraction of sp³-hybridized carbons (Fsp3) is 0.200. The van der Waals surface area contributed by atoms with Crippen LogP contribution in [0.15, 0.2) is 12.1 Å². The first-order valence-electron chi connectivity index (χ1n) is 4.12. The number of benzene rings is 1. The van der Waals surface area contributed by atoms with Crippen molar-refractivity contribution in [3.63, 3.8) is 0 Å². The van der Waals surface area contributed by atoms with Crippen molar-refractivity contribution >= 4 is 11.9 Å². The number of carbonyl (C=O) groups is 2. The Morgan fingerprint density at radius 3 is 2.40 bits per heavy atom. The topological polar surface area (TPSA) is 83.8 Å². The SMILES string of the molecule is COC(=O)c1cc(O)cc(C)c1C(=O)O. The van der Waals surface area contributed by atoms with E-state index in [1.807, 2.05) is 0 Å². The predicted molar refractivity (Wildman–Crippen MR) is 51.1 cm³/mol. The maximum Gasteiger partial charge on any atom is 0.338 e. The molecule has 1 aromatic carbocycles. The maximum absolute atomic E-state index is 11.2. The van der Waals surface area contributed by atoms with Gasteiger partial charge in [0.25, 0.3) is 0 Å². The molecule has 5 heteroatoms. The first-order valence-corrected chi connectivity index (χ1v) is 4.12. The molecule has 0 atom stereocenters. The molecule has 0 radical (unpaired) electrons. The third-order valence-electron chi connectivity index (χ3n) is 1.94. The van der Waals surface area contributed by atoms with Crippen LogP contribution < -0.4 is 0 Å². The molecule has 0 aliphatic carbocycles. The van der Waals surface area contributed by atoms with Crippen LogP contribution in [0, 0.1) is 6.92 Å². The van der Waals surface area contributed by atoms with Crippen molar-refractivity contribution in [2.45, 2.75) is 6.92 Å². The van der Waals surface area contributed by atoms with Gasteiger partial charge in [-0.1, -0.05) is 0 Å². The third kappa shape index (κ3) is 2.07. The molecule has 0 fully saturated rings. The average molecular weight is 210 g/mol. The molecule has 0 aliphatic rings. The average Bonchev–Trinajstić information content (AvgIpc) is 2.14. The molecule has 80 valence electrons. The van der Waals surface area contributed by atoms with Crippen molar-refractivity contribution in [2.75, 3.05) is 7.11 Å². The van der Waals surface area contributed by atoms with Crippen molar-refractivity contribution < 1.29 is 24.5 Å². The molecule has 0 unspecified atom stereocenters. The van der Waals surface area contributed by atoms with Crippen LogP contribution in [0.4, 0.5) is 0 Å². The van der Waals surface area contributed by atoms with Crippen molar-refractivity contribution in [3.05, 3.63) is 28.8 Å². The van der Waals surface area contributed by atoms with Crippen LogP contribution in [0.25, 0.3) is 0 Å². The van der Waals surface area contributed by atoms with Gasteiger partial charge < -0.3 is 14.9 Å². The number of rotatable bonds is 2. The number of hydrogen-bond donors (Lipinski definition) is 2. The first-order chi connectivity index (χ1) is 6.97. The molecule has 0 spiro atoms. The number of aromatic hydroxyl groups is 1. The van der Waals surface area contributed by atoms with Crippen LogP contribution in [0.1, 0.15) is 26.3 Å². The Bertz CT molecular complexity index is 422. The lowest BCUT2D eigenvalue weighted by Gasteiger charge is -2.07. The standard InChI is InChI=1S/C10H10O5/c1-5-3-6(11)4-7(10(14)15-2)8(5)9(12)13/h3-4,11H,1-2H3,(H,12,13). The number of methoxy groups -OCH3 is 1. The van der Waals surface area contributed by atoms with Gasteiger partial charge in [-0.3, -0.25) is 0 Å². The minimum absolute atomic E-state index is 0.150. The van der Waals surface area contributed by atoms with Gasteiger partial charge in [0.15, 0.2) is 0 Å². The summed E-state index contributed by atoms with van der Waals surface area (Å²) in [4.78, 5) is 22.1. The van der Waals surface area contributed by atoms with Crippen molar-refractivity contribution in [2.24, 2.45) is 0 Å². The van der Waals surface area contributed by atoms with Crippen LogP contribution in [0.3, 0.4) is 0 Å². The second kappa shape index (κ2) is 4.00. The van der Waals surface area contributed by atoms with Crippen LogP contribution >= 0.6 is 0 Å². The zero-order chi connectivity index (χ0) is 11.6. The van der Waals surface area contributed by atoms with Gasteiger partial charge >= 0.3 is 11.9 Å². The highest BCUT2D eigenvalue weighted by molar-refractivity contribution is 6.03. The van der Waals surface area contributed by atoms with E-state index in [0.717, 1.165) is 13.2 Å². The molecule has 0 saturated carbocycles. The Morgan fingerprint density at radius 2 is 1.93 bits per heavy atom. The lowest BCUT2D eigenvalue weighted by molar-refractivity contribution is 0.0582. The van der Waals surface area contributed by atoms with Crippen LogP contribution in [0.2, 0.25) is 0 Å². The lowest BCUT2D eigenvalue weighted by atomic mass is 10.0. The molecule has 0 aliphatic heterocycles. The highest BCUT2D eigenvalue weighted by atomic mass is 16.5. The molecule has 0 amide bonds. The zero-order valence-electron chi connectivity index (χ0n) is 8.27. The van der Waals surface area contributed by atoms with E-state index in [-0.39, 0.29) is 16.9 Å². The Kier molecular flexibility index (Phi) is 2.94. The Labute approximate surface area is 85.9 Å². The molecule has 5 nitrogen and oxygen atoms in total. The zero-order valence-corrected chi connectivity index (χ0v) is 8.27. The summed E-state index contributed by atoms with van der Waals surface area (Å²) in [6.07, 6.45) is 0. The van der Waals surface area contributed by atoms with Gasteiger partial charge in [-0.05, 0) is 24.6 Å². The Hall–Kier alpha value is -2.04. The lowest BCUT2D eigenvalue weighted by Crippen LogP contribution is -2.11. The number of hydrogen-bond acceptors (Lipinski definition) is 4. The summed E-state index contributed by atoms with van der Waals surface area (Å²) < 4.78 is 4.42. The maximum atomic E-state index is 11.2. The molecule has 1 rings (SSSR count). The normalized spacial score (nSPS) is 9.73. The van der Waals surface area contributed by atoms with Crippen molar-refractivity contribution in [3.8, 4) is 5.75 Å². The smallest absolute Gasteiger partial charge is 0.338 e. The van der Waals surface area contributed by atoms with Gasteiger partial charge in [0, 0.05) is 0 Å². The van der Waals surface area contributed by atoms with Crippen molar-refractivity contribution in [1.29, 1.82) is 0 Å². The number of carboxylic acids is 1. The highest BCUT2D eigenvalue weighted by Crippen LogP contribution is 2.22. The van der Waals surface area contributed by atoms with E-state index >= 15 is 0 Å². The van der Waals surface area contributed by atoms with Crippen LogP contribution in [-0.4, -0.2) is 29.3 Å². The van der Waals surface area contributed by atoms with Crippen LogP contribution in [0.5, 0.6) is 5.75 Å². The minimum atomic E-state index is -1.23. The van der Waals surface area contributed by atoms with Gasteiger partial charge in [-0.2, -0.15) is 0 Å². The Balaban J connectivity index is 3.46. The molecular formula is C10H10O5. The number of esters is 1. The van der Waals surface area contributed by atoms with E-state index in [9.17, 15) is 14.7 Å². The van der Waals surface area contributed by atoms with Gasteiger partial charge in [-0.25, -0.2) is 9.59 Å². The van der Waals surface area contributed by atoms with E-state index in [1.54, 1.807) is 0 Å². The quantitative estimate of drug-likeness (QED) is 0.716. The Morgan fingerprint density at radius 1 is 1.33 bits per heavy atom. The summed E-state index contributed by atoms with van der Waals surface area (Å²) in [5.74, 6) is -2.18. The number of carboxylic acid groups (broad SMARTS) is 1. The molecule has 15 heavy (non-hydrogen) atoms.